The molecule has 0 radical (unpaired) electrons. The van der Waals surface area contributed by atoms with Crippen molar-refractivity contribution in [2.45, 2.75) is 0 Å². The zero-order valence-electron chi connectivity index (χ0n) is 8.60. The van der Waals surface area contributed by atoms with Crippen LogP contribution in [-0.2, 0) is 0 Å². The maximum atomic E-state index is 10.6. The van der Waals surface area contributed by atoms with Crippen LogP contribution in [0.25, 0.3) is 10.8 Å². The molecule has 0 saturated heterocycles. The molecule has 0 aliphatic rings. The smallest absolute Gasteiger partial charge is 0.545 e. The largest absolute Gasteiger partial charge is 1.00 e. The monoisotopic (exact) mass is 242 g/mol. The molecule has 4 nitrogen and oxygen atoms in total. The van der Waals surface area contributed by atoms with E-state index in [4.69, 9.17) is 0 Å². The summed E-state index contributed by atoms with van der Waals surface area (Å²) in [5.41, 5.74) is -0.411. The number of benzene rings is 2. The Bertz CT molecular complexity index is 551. The van der Waals surface area contributed by atoms with Gasteiger partial charge in [0.2, 0.25) is 0 Å². The number of hydrogen-bond donors (Lipinski definition) is 2. The summed E-state index contributed by atoms with van der Waals surface area (Å²) in [5, 5.41) is 30.5. The number of aromatic carboxylic acids is 1. The van der Waals surface area contributed by atoms with Gasteiger partial charge in [-0.3, -0.25) is 0 Å². The van der Waals surface area contributed by atoms with Gasteiger partial charge in [-0.05, 0) is 6.07 Å². The number of carbonyl (C=O) groups is 1. The number of rotatable bonds is 1. The van der Waals surface area contributed by atoms with Crippen molar-refractivity contribution in [1.29, 1.82) is 0 Å². The summed E-state index contributed by atoms with van der Waals surface area (Å²) < 4.78 is 0. The minimum atomic E-state index is -1.52. The van der Waals surface area contributed by atoms with Crippen LogP contribution in [0.5, 0.6) is 11.5 Å². The van der Waals surface area contributed by atoms with Crippen LogP contribution in [0.4, 0.5) is 0 Å². The van der Waals surface area contributed by atoms with Gasteiger partial charge in [0.05, 0.1) is 5.97 Å². The molecule has 0 bridgehead atoms. The van der Waals surface area contributed by atoms with Gasteiger partial charge in [0, 0.05) is 16.3 Å². The molecule has 0 atom stereocenters. The second kappa shape index (κ2) is 5.16. The van der Waals surface area contributed by atoms with Crippen molar-refractivity contribution in [3.05, 3.63) is 35.9 Å². The Morgan fingerprint density at radius 1 is 1.12 bits per heavy atom. The fourth-order valence-corrected chi connectivity index (χ4v) is 1.50. The van der Waals surface area contributed by atoms with Crippen molar-refractivity contribution in [2.24, 2.45) is 0 Å². The molecule has 2 rings (SSSR count). The molecule has 0 unspecified atom stereocenters. The molecule has 0 fully saturated rings. The van der Waals surface area contributed by atoms with E-state index in [1.165, 1.54) is 6.07 Å². The number of carboxylic acids is 1. The predicted molar refractivity (Wildman–Crippen MR) is 51.6 cm³/mol. The molecule has 5 heteroatoms. The van der Waals surface area contributed by atoms with Crippen molar-refractivity contribution in [3.63, 3.8) is 0 Å². The van der Waals surface area contributed by atoms with Crippen LogP contribution in [0.2, 0.25) is 0 Å². The average Bonchev–Trinajstić information content (AvgIpc) is 2.23. The first-order chi connectivity index (χ1) is 7.11. The predicted octanol–water partition coefficient (Wildman–Crippen LogP) is -2.38. The molecule has 2 aromatic rings. The number of phenolic OH excluding ortho intramolecular Hbond substituents is 1. The third kappa shape index (κ3) is 2.23. The van der Waals surface area contributed by atoms with E-state index in [9.17, 15) is 20.1 Å². The molecule has 0 spiro atoms. The third-order valence-corrected chi connectivity index (χ3v) is 2.21. The van der Waals surface area contributed by atoms with Gasteiger partial charge >= 0.3 is 51.4 Å². The number of fused-ring (bicyclic) bond motifs is 1. The Morgan fingerprint density at radius 2 is 1.69 bits per heavy atom. The summed E-state index contributed by atoms with van der Waals surface area (Å²) >= 11 is 0. The topological polar surface area (TPSA) is 80.6 Å². The molecule has 2 aromatic carbocycles. The van der Waals surface area contributed by atoms with Crippen molar-refractivity contribution >= 4 is 16.7 Å². The van der Waals surface area contributed by atoms with Crippen LogP contribution < -0.4 is 56.5 Å². The zero-order chi connectivity index (χ0) is 11.0. The van der Waals surface area contributed by atoms with E-state index in [-0.39, 0.29) is 68.3 Å². The number of carbonyl (C=O) groups excluding carboxylic acids is 1. The summed E-state index contributed by atoms with van der Waals surface area (Å²) in [5.74, 6) is -2.10. The normalized spacial score (nSPS) is 9.75. The van der Waals surface area contributed by atoms with Crippen LogP contribution in [0.15, 0.2) is 30.3 Å². The van der Waals surface area contributed by atoms with Gasteiger partial charge in [0.25, 0.3) is 0 Å². The van der Waals surface area contributed by atoms with E-state index in [1.807, 2.05) is 0 Å². The molecule has 0 aliphatic carbocycles. The number of carboxylic acid groups (broad SMARTS) is 1. The van der Waals surface area contributed by atoms with Crippen LogP contribution >= 0.6 is 0 Å². The zero-order valence-corrected chi connectivity index (χ0v) is 11.7. The standard InChI is InChI=1S/C11H8O4.K/c12-9-5-8(11(14)15)10(13)7-4-2-1-3-6(7)9;/h1-5,12-13H,(H,14,15);/q;+1/p-1. The molecule has 2 N–H and O–H groups in total. The van der Waals surface area contributed by atoms with Crippen LogP contribution in [-0.4, -0.2) is 16.2 Å². The second-order valence-electron chi connectivity index (χ2n) is 3.12. The molecule has 76 valence electrons. The number of aromatic hydroxyl groups is 2. The summed E-state index contributed by atoms with van der Waals surface area (Å²) in [4.78, 5) is 10.6. The number of hydrogen-bond acceptors (Lipinski definition) is 4. The molecular weight excluding hydrogens is 235 g/mol. The second-order valence-corrected chi connectivity index (χ2v) is 3.12. The van der Waals surface area contributed by atoms with Gasteiger partial charge in [-0.15, -0.1) is 0 Å². The average molecular weight is 242 g/mol. The van der Waals surface area contributed by atoms with E-state index in [0.717, 1.165) is 6.07 Å². The fraction of sp³-hybridized carbons (Fsp3) is 0. The van der Waals surface area contributed by atoms with E-state index >= 15 is 0 Å². The van der Waals surface area contributed by atoms with Gasteiger partial charge in [-0.2, -0.15) is 0 Å². The maximum Gasteiger partial charge on any atom is 1.00 e. The Hall–Kier alpha value is -0.594. The van der Waals surface area contributed by atoms with Crippen molar-refractivity contribution < 1.29 is 71.5 Å². The van der Waals surface area contributed by atoms with E-state index in [1.54, 1.807) is 18.2 Å². The quantitative estimate of drug-likeness (QED) is 0.432. The van der Waals surface area contributed by atoms with Gasteiger partial charge in [-0.25, -0.2) is 0 Å². The first-order valence-corrected chi connectivity index (χ1v) is 4.26. The van der Waals surface area contributed by atoms with Crippen LogP contribution in [0.1, 0.15) is 10.4 Å². The molecular formula is C11H7KO4. The Balaban J connectivity index is 0.00000128. The minimum absolute atomic E-state index is 0. The van der Waals surface area contributed by atoms with E-state index < -0.39 is 11.5 Å². The minimum Gasteiger partial charge on any atom is -0.545 e. The third-order valence-electron chi connectivity index (χ3n) is 2.21. The Kier molecular flexibility index (Phi) is 4.34. The fourth-order valence-electron chi connectivity index (χ4n) is 1.50. The summed E-state index contributed by atoms with van der Waals surface area (Å²) in [7, 11) is 0. The Morgan fingerprint density at radius 3 is 2.25 bits per heavy atom. The van der Waals surface area contributed by atoms with Crippen LogP contribution in [0.3, 0.4) is 0 Å². The van der Waals surface area contributed by atoms with Crippen molar-refractivity contribution in [3.8, 4) is 11.5 Å². The molecule has 0 aliphatic heterocycles. The number of phenols is 2. The van der Waals surface area contributed by atoms with Gasteiger partial charge in [-0.1, -0.05) is 24.3 Å². The first-order valence-electron chi connectivity index (χ1n) is 4.26. The van der Waals surface area contributed by atoms with Gasteiger partial charge in [0.1, 0.15) is 11.5 Å². The van der Waals surface area contributed by atoms with E-state index in [2.05, 4.69) is 0 Å². The van der Waals surface area contributed by atoms with Crippen LogP contribution in [0, 0.1) is 0 Å². The molecule has 0 heterocycles. The SMILES string of the molecule is O=C([O-])c1cc(O)c2ccccc2c1O.[K+]. The summed E-state index contributed by atoms with van der Waals surface area (Å²) in [6.45, 7) is 0. The summed E-state index contributed by atoms with van der Waals surface area (Å²) in [6.07, 6.45) is 0. The van der Waals surface area contributed by atoms with Gasteiger partial charge < -0.3 is 20.1 Å². The van der Waals surface area contributed by atoms with Gasteiger partial charge in [0.15, 0.2) is 0 Å². The molecule has 0 saturated carbocycles. The summed E-state index contributed by atoms with van der Waals surface area (Å²) in [6, 6.07) is 7.41. The first kappa shape index (κ1) is 13.5. The molecule has 0 aromatic heterocycles. The molecule has 0 amide bonds. The molecule has 16 heavy (non-hydrogen) atoms. The Labute approximate surface area is 134 Å². The maximum absolute atomic E-state index is 10.6. The van der Waals surface area contributed by atoms with Crippen molar-refractivity contribution in [1.82, 2.24) is 0 Å². The van der Waals surface area contributed by atoms with Crippen molar-refractivity contribution in [2.75, 3.05) is 0 Å². The van der Waals surface area contributed by atoms with E-state index in [0.29, 0.717) is 5.39 Å².